The minimum absolute atomic E-state index is 0.0637. The predicted octanol–water partition coefficient (Wildman–Crippen LogP) is 1.44. The van der Waals surface area contributed by atoms with Crippen molar-refractivity contribution in [3.63, 3.8) is 0 Å². The summed E-state index contributed by atoms with van der Waals surface area (Å²) in [5.41, 5.74) is 5.29. The summed E-state index contributed by atoms with van der Waals surface area (Å²) in [6.07, 6.45) is 1.53. The average Bonchev–Trinajstić information content (AvgIpc) is 2.45. The standard InChI is InChI=1S/C14H17ClN2O3/c15-11-4-1-5-12(7-11)20-9-13(18)17-6-2-3-10(8-17)14(16)19/h1,4-5,7,10H,2-3,6,8-9H2,(H2,16,19). The van der Waals surface area contributed by atoms with Crippen molar-refractivity contribution in [2.75, 3.05) is 19.7 Å². The summed E-state index contributed by atoms with van der Waals surface area (Å²) >= 11 is 5.84. The number of nitrogens with zero attached hydrogens (tertiary/aromatic N) is 1. The third kappa shape index (κ3) is 3.87. The normalized spacial score (nSPS) is 18.6. The zero-order valence-corrected chi connectivity index (χ0v) is 11.8. The second kappa shape index (κ2) is 6.61. The van der Waals surface area contributed by atoms with E-state index in [9.17, 15) is 9.59 Å². The number of nitrogens with two attached hydrogens (primary N) is 1. The quantitative estimate of drug-likeness (QED) is 0.914. The summed E-state index contributed by atoms with van der Waals surface area (Å²) in [6.45, 7) is 0.959. The average molecular weight is 297 g/mol. The van der Waals surface area contributed by atoms with Crippen LogP contribution in [0.5, 0.6) is 5.75 Å². The van der Waals surface area contributed by atoms with Crippen molar-refractivity contribution < 1.29 is 14.3 Å². The van der Waals surface area contributed by atoms with Crippen molar-refractivity contribution in [1.82, 2.24) is 4.90 Å². The molecule has 108 valence electrons. The number of hydrogen-bond acceptors (Lipinski definition) is 3. The number of primary amides is 1. The molecule has 1 heterocycles. The molecule has 1 fully saturated rings. The summed E-state index contributed by atoms with van der Waals surface area (Å²) in [7, 11) is 0. The summed E-state index contributed by atoms with van der Waals surface area (Å²) in [6, 6.07) is 6.88. The highest BCUT2D eigenvalue weighted by Crippen LogP contribution is 2.18. The van der Waals surface area contributed by atoms with Crippen LogP contribution in [0.25, 0.3) is 0 Å². The van der Waals surface area contributed by atoms with Gasteiger partial charge in [-0.2, -0.15) is 0 Å². The Hall–Kier alpha value is -1.75. The van der Waals surface area contributed by atoms with E-state index >= 15 is 0 Å². The number of benzene rings is 1. The van der Waals surface area contributed by atoms with Crippen LogP contribution in [-0.2, 0) is 9.59 Å². The topological polar surface area (TPSA) is 72.6 Å². The van der Waals surface area contributed by atoms with Crippen LogP contribution in [0.15, 0.2) is 24.3 Å². The van der Waals surface area contributed by atoms with Gasteiger partial charge in [-0.05, 0) is 31.0 Å². The van der Waals surface area contributed by atoms with Gasteiger partial charge < -0.3 is 15.4 Å². The number of hydrogen-bond donors (Lipinski definition) is 1. The maximum absolute atomic E-state index is 12.0. The Bertz CT molecular complexity index is 507. The van der Waals surface area contributed by atoms with Crippen LogP contribution in [0.4, 0.5) is 0 Å². The van der Waals surface area contributed by atoms with E-state index in [1.165, 1.54) is 0 Å². The van der Waals surface area contributed by atoms with E-state index in [1.807, 2.05) is 0 Å². The Morgan fingerprint density at radius 2 is 2.25 bits per heavy atom. The monoisotopic (exact) mass is 296 g/mol. The Kier molecular flexibility index (Phi) is 4.84. The number of amides is 2. The minimum atomic E-state index is -0.349. The highest BCUT2D eigenvalue weighted by Gasteiger charge is 2.26. The molecule has 2 amide bonds. The van der Waals surface area contributed by atoms with Crippen LogP contribution < -0.4 is 10.5 Å². The molecule has 1 saturated heterocycles. The van der Waals surface area contributed by atoms with Gasteiger partial charge in [-0.15, -0.1) is 0 Å². The SMILES string of the molecule is NC(=O)C1CCCN(C(=O)COc2cccc(Cl)c2)C1. The maximum atomic E-state index is 12.0. The Morgan fingerprint density at radius 3 is 2.95 bits per heavy atom. The molecular formula is C14H17ClN2O3. The number of likely N-dealkylation sites (tertiary alicyclic amines) is 1. The smallest absolute Gasteiger partial charge is 0.260 e. The Labute approximate surface area is 122 Å². The molecule has 20 heavy (non-hydrogen) atoms. The van der Waals surface area contributed by atoms with Gasteiger partial charge in [0.25, 0.3) is 5.91 Å². The number of ether oxygens (including phenoxy) is 1. The van der Waals surface area contributed by atoms with Crippen molar-refractivity contribution >= 4 is 23.4 Å². The first-order valence-electron chi connectivity index (χ1n) is 6.51. The van der Waals surface area contributed by atoms with Crippen molar-refractivity contribution in [1.29, 1.82) is 0 Å². The van der Waals surface area contributed by atoms with Gasteiger partial charge in [0.2, 0.25) is 5.91 Å². The minimum Gasteiger partial charge on any atom is -0.484 e. The Balaban J connectivity index is 1.87. The van der Waals surface area contributed by atoms with E-state index in [0.29, 0.717) is 23.9 Å². The Morgan fingerprint density at radius 1 is 1.45 bits per heavy atom. The molecule has 5 nitrogen and oxygen atoms in total. The van der Waals surface area contributed by atoms with Crippen molar-refractivity contribution in [3.05, 3.63) is 29.3 Å². The molecule has 0 radical (unpaired) electrons. The fourth-order valence-electron chi connectivity index (χ4n) is 2.23. The summed E-state index contributed by atoms with van der Waals surface area (Å²) in [5.74, 6) is -0.192. The summed E-state index contributed by atoms with van der Waals surface area (Å²) in [4.78, 5) is 24.8. The molecule has 2 N–H and O–H groups in total. The number of rotatable bonds is 4. The van der Waals surface area contributed by atoms with Gasteiger partial charge in [0, 0.05) is 18.1 Å². The second-order valence-corrected chi connectivity index (χ2v) is 5.26. The van der Waals surface area contributed by atoms with Crippen LogP contribution in [0.2, 0.25) is 5.02 Å². The summed E-state index contributed by atoms with van der Waals surface area (Å²) < 4.78 is 5.41. The van der Waals surface area contributed by atoms with E-state index < -0.39 is 0 Å². The van der Waals surface area contributed by atoms with Gasteiger partial charge in [0.15, 0.2) is 6.61 Å². The third-order valence-corrected chi connectivity index (χ3v) is 3.57. The molecule has 0 bridgehead atoms. The first-order valence-corrected chi connectivity index (χ1v) is 6.89. The number of piperidine rings is 1. The zero-order valence-electron chi connectivity index (χ0n) is 11.0. The first kappa shape index (κ1) is 14.7. The number of halogens is 1. The lowest BCUT2D eigenvalue weighted by molar-refractivity contribution is -0.136. The molecule has 2 rings (SSSR count). The predicted molar refractivity (Wildman–Crippen MR) is 75.4 cm³/mol. The lowest BCUT2D eigenvalue weighted by atomic mass is 9.97. The van der Waals surface area contributed by atoms with E-state index in [1.54, 1.807) is 29.2 Å². The number of carbonyl (C=O) groups excluding carboxylic acids is 2. The highest BCUT2D eigenvalue weighted by atomic mass is 35.5. The molecule has 0 aliphatic carbocycles. The summed E-state index contributed by atoms with van der Waals surface area (Å²) in [5, 5.41) is 0.557. The van der Waals surface area contributed by atoms with Crippen LogP contribution >= 0.6 is 11.6 Å². The first-order chi connectivity index (χ1) is 9.56. The fourth-order valence-corrected chi connectivity index (χ4v) is 2.41. The van der Waals surface area contributed by atoms with Gasteiger partial charge in [0.05, 0.1) is 5.92 Å². The van der Waals surface area contributed by atoms with Crippen molar-refractivity contribution in [2.45, 2.75) is 12.8 Å². The van der Waals surface area contributed by atoms with E-state index in [4.69, 9.17) is 22.1 Å². The second-order valence-electron chi connectivity index (χ2n) is 4.83. The maximum Gasteiger partial charge on any atom is 0.260 e. The zero-order chi connectivity index (χ0) is 14.5. The highest BCUT2D eigenvalue weighted by molar-refractivity contribution is 6.30. The molecule has 1 unspecified atom stereocenters. The van der Waals surface area contributed by atoms with Gasteiger partial charge >= 0.3 is 0 Å². The molecule has 1 atom stereocenters. The van der Waals surface area contributed by atoms with Gasteiger partial charge in [-0.3, -0.25) is 9.59 Å². The number of carbonyl (C=O) groups is 2. The van der Waals surface area contributed by atoms with Crippen LogP contribution in [0.1, 0.15) is 12.8 Å². The van der Waals surface area contributed by atoms with Crippen molar-refractivity contribution in [3.8, 4) is 5.75 Å². The van der Waals surface area contributed by atoms with Gasteiger partial charge in [0.1, 0.15) is 5.75 Å². The van der Waals surface area contributed by atoms with Gasteiger partial charge in [-0.25, -0.2) is 0 Å². The molecule has 0 aromatic heterocycles. The molecule has 1 aliphatic rings. The lowest BCUT2D eigenvalue weighted by Crippen LogP contribution is -2.45. The molecule has 1 aromatic carbocycles. The molecule has 1 aliphatic heterocycles. The lowest BCUT2D eigenvalue weighted by Gasteiger charge is -2.31. The molecule has 1 aromatic rings. The van der Waals surface area contributed by atoms with E-state index in [2.05, 4.69) is 0 Å². The van der Waals surface area contributed by atoms with Crippen LogP contribution in [0.3, 0.4) is 0 Å². The molecular weight excluding hydrogens is 280 g/mol. The third-order valence-electron chi connectivity index (χ3n) is 3.33. The van der Waals surface area contributed by atoms with Crippen LogP contribution in [-0.4, -0.2) is 36.4 Å². The molecule has 6 heteroatoms. The fraction of sp³-hybridized carbons (Fsp3) is 0.429. The van der Waals surface area contributed by atoms with E-state index in [-0.39, 0.29) is 24.3 Å². The van der Waals surface area contributed by atoms with E-state index in [0.717, 1.165) is 12.8 Å². The van der Waals surface area contributed by atoms with Gasteiger partial charge in [-0.1, -0.05) is 17.7 Å². The van der Waals surface area contributed by atoms with Crippen LogP contribution in [0, 0.1) is 5.92 Å². The van der Waals surface area contributed by atoms with Crippen molar-refractivity contribution in [2.24, 2.45) is 11.7 Å². The molecule has 0 saturated carbocycles. The molecule has 0 spiro atoms. The largest absolute Gasteiger partial charge is 0.484 e.